The summed E-state index contributed by atoms with van der Waals surface area (Å²) in [6.07, 6.45) is 2.35. The molecule has 0 saturated carbocycles. The van der Waals surface area contributed by atoms with Gasteiger partial charge in [-0.15, -0.1) is 0 Å². The number of ether oxygens (including phenoxy) is 1. The lowest BCUT2D eigenvalue weighted by Crippen LogP contribution is -2.42. The van der Waals surface area contributed by atoms with Gasteiger partial charge >= 0.3 is 0 Å². The summed E-state index contributed by atoms with van der Waals surface area (Å²) in [5.41, 5.74) is -0.279. The van der Waals surface area contributed by atoms with Crippen molar-refractivity contribution in [3.05, 3.63) is 0 Å². The van der Waals surface area contributed by atoms with Crippen molar-refractivity contribution in [2.75, 3.05) is 39.9 Å². The number of carbonyl (C=O) groups is 1. The molecule has 0 aliphatic carbocycles. The molecule has 1 saturated heterocycles. The molecular weight excluding hydrogens is 228 g/mol. The van der Waals surface area contributed by atoms with Crippen molar-refractivity contribution in [3.8, 4) is 0 Å². The molecule has 106 valence electrons. The predicted octanol–water partition coefficient (Wildman–Crippen LogP) is 1.51. The molecule has 0 atom stereocenters. The molecule has 0 unspecified atom stereocenters. The van der Waals surface area contributed by atoms with Crippen LogP contribution in [0.15, 0.2) is 0 Å². The molecule has 1 heterocycles. The van der Waals surface area contributed by atoms with Crippen LogP contribution in [0.2, 0.25) is 0 Å². The Morgan fingerprint density at radius 1 is 1.33 bits per heavy atom. The second-order valence-corrected chi connectivity index (χ2v) is 6.24. The van der Waals surface area contributed by atoms with Crippen LogP contribution in [-0.4, -0.2) is 50.7 Å². The predicted molar refractivity (Wildman–Crippen MR) is 73.5 cm³/mol. The summed E-state index contributed by atoms with van der Waals surface area (Å²) in [6, 6.07) is 0. The fourth-order valence-electron chi connectivity index (χ4n) is 2.14. The Hall–Kier alpha value is -0.610. The molecule has 4 nitrogen and oxygen atoms in total. The third-order valence-electron chi connectivity index (χ3n) is 3.55. The van der Waals surface area contributed by atoms with Crippen LogP contribution in [0, 0.1) is 11.3 Å². The van der Waals surface area contributed by atoms with E-state index in [9.17, 15) is 4.79 Å². The number of nitrogens with one attached hydrogen (secondary N) is 1. The van der Waals surface area contributed by atoms with Crippen molar-refractivity contribution in [3.63, 3.8) is 0 Å². The zero-order valence-corrected chi connectivity index (χ0v) is 12.3. The topological polar surface area (TPSA) is 41.6 Å². The lowest BCUT2D eigenvalue weighted by atomic mass is 9.93. The Kier molecular flexibility index (Phi) is 6.09. The summed E-state index contributed by atoms with van der Waals surface area (Å²) in [6.45, 7) is 10.8. The number of amides is 1. The Balaban J connectivity index is 2.18. The molecule has 1 aliphatic rings. The molecule has 0 spiro atoms. The van der Waals surface area contributed by atoms with Crippen LogP contribution in [0.1, 0.15) is 33.6 Å². The largest absolute Gasteiger partial charge is 0.383 e. The highest BCUT2D eigenvalue weighted by Crippen LogP contribution is 2.17. The number of carbonyl (C=O) groups excluding carboxylic acids is 1. The fourth-order valence-corrected chi connectivity index (χ4v) is 2.14. The minimum atomic E-state index is -0.279. The molecule has 0 aromatic carbocycles. The van der Waals surface area contributed by atoms with Crippen molar-refractivity contribution in [1.29, 1.82) is 0 Å². The molecule has 0 aromatic heterocycles. The maximum absolute atomic E-state index is 11.8. The molecule has 0 aromatic rings. The highest BCUT2D eigenvalue weighted by atomic mass is 16.5. The van der Waals surface area contributed by atoms with Gasteiger partial charge in [-0.05, 0) is 31.8 Å². The zero-order chi connectivity index (χ0) is 13.6. The fraction of sp³-hybridized carbons (Fsp3) is 0.929. The van der Waals surface area contributed by atoms with E-state index in [0.29, 0.717) is 5.92 Å². The summed E-state index contributed by atoms with van der Waals surface area (Å²) in [5, 5.41) is 3.07. The molecule has 1 aliphatic heterocycles. The molecule has 1 amide bonds. The van der Waals surface area contributed by atoms with Crippen LogP contribution in [0.3, 0.4) is 0 Å². The van der Waals surface area contributed by atoms with Crippen LogP contribution in [-0.2, 0) is 9.53 Å². The van der Waals surface area contributed by atoms with Crippen molar-refractivity contribution in [2.24, 2.45) is 11.3 Å². The van der Waals surface area contributed by atoms with Crippen LogP contribution < -0.4 is 5.32 Å². The number of hydrogen-bond donors (Lipinski definition) is 1. The monoisotopic (exact) mass is 256 g/mol. The Bertz CT molecular complexity index is 253. The van der Waals surface area contributed by atoms with Gasteiger partial charge in [0.05, 0.1) is 6.61 Å². The highest BCUT2D eigenvalue weighted by molar-refractivity contribution is 5.81. The maximum atomic E-state index is 11.8. The Morgan fingerprint density at radius 3 is 2.44 bits per heavy atom. The lowest BCUT2D eigenvalue weighted by molar-refractivity contribution is -0.128. The van der Waals surface area contributed by atoms with Gasteiger partial charge in [0.2, 0.25) is 5.91 Å². The average molecular weight is 256 g/mol. The van der Waals surface area contributed by atoms with Gasteiger partial charge in [0.1, 0.15) is 0 Å². The summed E-state index contributed by atoms with van der Waals surface area (Å²) in [5.74, 6) is 0.791. The van der Waals surface area contributed by atoms with Crippen molar-refractivity contribution in [1.82, 2.24) is 10.2 Å². The van der Waals surface area contributed by atoms with Gasteiger partial charge in [-0.3, -0.25) is 4.79 Å². The van der Waals surface area contributed by atoms with E-state index in [1.807, 2.05) is 20.8 Å². The molecule has 1 rings (SSSR count). The number of rotatable bonds is 5. The summed E-state index contributed by atoms with van der Waals surface area (Å²) in [7, 11) is 1.74. The number of piperidine rings is 1. The summed E-state index contributed by atoms with van der Waals surface area (Å²) in [4.78, 5) is 14.2. The van der Waals surface area contributed by atoms with Crippen LogP contribution in [0.25, 0.3) is 0 Å². The van der Waals surface area contributed by atoms with E-state index in [2.05, 4.69) is 10.2 Å². The third kappa shape index (κ3) is 5.36. The van der Waals surface area contributed by atoms with Crippen LogP contribution >= 0.6 is 0 Å². The van der Waals surface area contributed by atoms with Gasteiger partial charge in [0.25, 0.3) is 0 Å². The molecule has 0 bridgehead atoms. The van der Waals surface area contributed by atoms with E-state index in [1.54, 1.807) is 7.11 Å². The van der Waals surface area contributed by atoms with E-state index in [4.69, 9.17) is 4.74 Å². The average Bonchev–Trinajstić information content (AvgIpc) is 2.33. The number of hydrogen-bond acceptors (Lipinski definition) is 3. The van der Waals surface area contributed by atoms with Gasteiger partial charge in [0, 0.05) is 25.6 Å². The first-order valence-corrected chi connectivity index (χ1v) is 6.93. The van der Waals surface area contributed by atoms with Gasteiger partial charge in [-0.25, -0.2) is 0 Å². The Morgan fingerprint density at radius 2 is 1.94 bits per heavy atom. The number of nitrogens with zero attached hydrogens (tertiary/aromatic N) is 1. The van der Waals surface area contributed by atoms with E-state index in [1.165, 1.54) is 12.8 Å². The molecule has 4 heteroatoms. The smallest absolute Gasteiger partial charge is 0.225 e. The normalized spacial score (nSPS) is 18.9. The second-order valence-electron chi connectivity index (χ2n) is 6.24. The Labute approximate surface area is 111 Å². The molecule has 18 heavy (non-hydrogen) atoms. The molecule has 1 N–H and O–H groups in total. The van der Waals surface area contributed by atoms with Gasteiger partial charge in [0.15, 0.2) is 0 Å². The van der Waals surface area contributed by atoms with Crippen molar-refractivity contribution in [2.45, 2.75) is 33.6 Å². The molecule has 1 fully saturated rings. The first-order chi connectivity index (χ1) is 8.43. The minimum Gasteiger partial charge on any atom is -0.383 e. The maximum Gasteiger partial charge on any atom is 0.225 e. The number of likely N-dealkylation sites (tertiary alicyclic amines) is 1. The van der Waals surface area contributed by atoms with Gasteiger partial charge < -0.3 is 15.0 Å². The minimum absolute atomic E-state index is 0.157. The first-order valence-electron chi connectivity index (χ1n) is 6.93. The summed E-state index contributed by atoms with van der Waals surface area (Å²) < 4.78 is 5.09. The van der Waals surface area contributed by atoms with E-state index in [0.717, 1.165) is 32.8 Å². The van der Waals surface area contributed by atoms with Crippen molar-refractivity contribution < 1.29 is 9.53 Å². The third-order valence-corrected chi connectivity index (χ3v) is 3.55. The van der Waals surface area contributed by atoms with Gasteiger partial charge in [-0.1, -0.05) is 20.8 Å². The molecular formula is C14H28N2O2. The number of methoxy groups -OCH3 is 1. The molecule has 0 radical (unpaired) electrons. The lowest BCUT2D eigenvalue weighted by Gasteiger charge is -2.32. The zero-order valence-electron chi connectivity index (χ0n) is 12.3. The van der Waals surface area contributed by atoms with E-state index >= 15 is 0 Å². The van der Waals surface area contributed by atoms with Crippen LogP contribution in [0.4, 0.5) is 0 Å². The van der Waals surface area contributed by atoms with Crippen LogP contribution in [0.5, 0.6) is 0 Å². The second kappa shape index (κ2) is 7.10. The standard InChI is InChI=1S/C14H28N2O2/c1-14(2,3)13(17)15-11-12-5-7-16(8-6-12)9-10-18-4/h12H,5-11H2,1-4H3,(H,15,17). The SMILES string of the molecule is COCCN1CCC(CNC(=O)C(C)(C)C)CC1. The van der Waals surface area contributed by atoms with Crippen molar-refractivity contribution >= 4 is 5.91 Å². The quantitative estimate of drug-likeness (QED) is 0.810. The highest BCUT2D eigenvalue weighted by Gasteiger charge is 2.23. The van der Waals surface area contributed by atoms with Gasteiger partial charge in [-0.2, -0.15) is 0 Å². The first kappa shape index (κ1) is 15.4. The van der Waals surface area contributed by atoms with E-state index < -0.39 is 0 Å². The van der Waals surface area contributed by atoms with E-state index in [-0.39, 0.29) is 11.3 Å². The summed E-state index contributed by atoms with van der Waals surface area (Å²) >= 11 is 0.